The fraction of sp³-hybridized carbons (Fsp3) is 1.00. The van der Waals surface area contributed by atoms with E-state index in [-0.39, 0.29) is 248 Å². The van der Waals surface area contributed by atoms with Crippen LogP contribution >= 0.6 is 0 Å². The van der Waals surface area contributed by atoms with E-state index in [1.54, 1.807) is 0 Å². The van der Waals surface area contributed by atoms with Gasteiger partial charge >= 0.3 is 0 Å². The quantitative estimate of drug-likeness (QED) is 0.112. The third-order valence-corrected chi connectivity index (χ3v) is 4.78. The van der Waals surface area contributed by atoms with Gasteiger partial charge in [0.15, 0.2) is 0 Å². The van der Waals surface area contributed by atoms with Crippen molar-refractivity contribution in [1.29, 1.82) is 0 Å². The molecule has 0 unspecified atom stereocenters. The normalized spacial score (nSPS) is 8.90. The van der Waals surface area contributed by atoms with Gasteiger partial charge in [0.2, 0.25) is 0 Å². The molecule has 29 heavy (non-hydrogen) atoms. The molecule has 0 saturated carbocycles. The Morgan fingerprint density at radius 3 is 0.759 bits per heavy atom. The summed E-state index contributed by atoms with van der Waals surface area (Å²) in [6, 6.07) is 0. The Bertz CT molecular complexity index is 192. The van der Waals surface area contributed by atoms with Crippen molar-refractivity contribution in [3.8, 4) is 0 Å². The molecule has 158 valence electrons. The molecule has 0 aromatic heterocycles. The molecule has 0 aliphatic heterocycles. The SMILES string of the molecule is CCCCCCCCCCCOCCCCCCCCCCC.[Pr].[Pr].[Pr].[Pr].[Pr].[Pr]. The molecular formula is C22H46OPr6. The summed E-state index contributed by atoms with van der Waals surface area (Å²) in [6.07, 6.45) is 25.2. The molecule has 0 rings (SSSR count). The van der Waals surface area contributed by atoms with E-state index in [9.17, 15) is 0 Å². The van der Waals surface area contributed by atoms with Crippen molar-refractivity contribution >= 4 is 0 Å². The zero-order valence-corrected chi connectivity index (χ0v) is 42.2. The molecule has 6 radical (unpaired) electrons. The van der Waals surface area contributed by atoms with Crippen LogP contribution in [0.3, 0.4) is 0 Å². The predicted octanol–water partition coefficient (Wildman–Crippen LogP) is 8.06. The average Bonchev–Trinajstić information content (AvgIpc) is 2.57. The van der Waals surface area contributed by atoms with Crippen molar-refractivity contribution in [2.75, 3.05) is 13.2 Å². The van der Waals surface area contributed by atoms with Crippen LogP contribution in [0.5, 0.6) is 0 Å². The van der Waals surface area contributed by atoms with Crippen LogP contribution in [0.25, 0.3) is 0 Å². The fourth-order valence-corrected chi connectivity index (χ4v) is 3.13. The molecule has 0 amide bonds. The number of hydrogen-bond acceptors (Lipinski definition) is 1. The van der Waals surface area contributed by atoms with Gasteiger partial charge in [-0.05, 0) is 12.8 Å². The summed E-state index contributed by atoms with van der Waals surface area (Å²) in [6.45, 7) is 6.56. The van der Waals surface area contributed by atoms with Gasteiger partial charge in [-0.15, -0.1) is 0 Å². The summed E-state index contributed by atoms with van der Waals surface area (Å²) in [5.74, 6) is 0. The van der Waals surface area contributed by atoms with E-state index in [0.717, 1.165) is 13.2 Å². The zero-order chi connectivity index (χ0) is 16.8. The molecule has 0 spiro atoms. The topological polar surface area (TPSA) is 9.23 Å². The second-order valence-corrected chi connectivity index (χ2v) is 7.27. The first kappa shape index (κ1) is 53.4. The Hall–Kier alpha value is 8.14. The Balaban J connectivity index is -0.000000161. The van der Waals surface area contributed by atoms with Crippen LogP contribution in [0.2, 0.25) is 0 Å². The molecule has 0 bridgehead atoms. The maximum absolute atomic E-state index is 5.75. The van der Waals surface area contributed by atoms with Gasteiger partial charge in [-0.3, -0.25) is 0 Å². The Morgan fingerprint density at radius 1 is 0.310 bits per heavy atom. The Labute approximate surface area is 384 Å². The third kappa shape index (κ3) is 53.2. The minimum absolute atomic E-state index is 0. The van der Waals surface area contributed by atoms with Gasteiger partial charge in [-0.2, -0.15) is 0 Å². The van der Waals surface area contributed by atoms with Gasteiger partial charge in [-0.1, -0.05) is 117 Å². The van der Waals surface area contributed by atoms with Crippen molar-refractivity contribution < 1.29 is 252 Å². The van der Waals surface area contributed by atoms with Crippen LogP contribution in [0, 0.1) is 248 Å². The van der Waals surface area contributed by atoms with E-state index in [2.05, 4.69) is 13.8 Å². The second-order valence-electron chi connectivity index (χ2n) is 7.27. The molecule has 0 atom stereocenters. The first-order valence-electron chi connectivity index (χ1n) is 11.0. The molecule has 7 heteroatoms. The maximum Gasteiger partial charge on any atom is 0.0466 e. The summed E-state index contributed by atoms with van der Waals surface area (Å²) in [5.41, 5.74) is 0. The Morgan fingerprint density at radius 2 is 0.517 bits per heavy atom. The van der Waals surface area contributed by atoms with E-state index >= 15 is 0 Å². The number of ether oxygens (including phenoxy) is 1. The van der Waals surface area contributed by atoms with Crippen LogP contribution in [0.4, 0.5) is 0 Å². The number of rotatable bonds is 20. The van der Waals surface area contributed by atoms with Crippen LogP contribution in [0.15, 0.2) is 0 Å². The molecule has 1 nitrogen and oxygen atoms in total. The summed E-state index contributed by atoms with van der Waals surface area (Å²) < 4.78 is 5.75. The van der Waals surface area contributed by atoms with E-state index < -0.39 is 0 Å². The van der Waals surface area contributed by atoms with E-state index in [1.165, 1.54) is 116 Å². The van der Waals surface area contributed by atoms with Crippen LogP contribution in [0.1, 0.15) is 129 Å². The molecule has 0 aromatic rings. The van der Waals surface area contributed by atoms with E-state index in [4.69, 9.17) is 4.74 Å². The standard InChI is InChI=1S/C22H46O.6Pr/c1-3-5-7-9-11-13-15-17-19-21-23-22-20-18-16-14-12-10-8-6-4-2;;;;;;/h3-22H2,1-2H3;;;;;;. The van der Waals surface area contributed by atoms with Gasteiger partial charge in [0.25, 0.3) is 0 Å². The van der Waals surface area contributed by atoms with E-state index in [1.807, 2.05) is 0 Å². The predicted molar refractivity (Wildman–Crippen MR) is 105 cm³/mol. The Kier molecular flexibility index (Phi) is 96.8. The van der Waals surface area contributed by atoms with Crippen LogP contribution < -0.4 is 0 Å². The molecule has 0 saturated heterocycles. The minimum atomic E-state index is 0. The van der Waals surface area contributed by atoms with Gasteiger partial charge in [0.05, 0.1) is 0 Å². The molecule has 0 heterocycles. The fourth-order valence-electron chi connectivity index (χ4n) is 3.13. The number of unbranched alkanes of at least 4 members (excludes halogenated alkanes) is 16. The van der Waals surface area contributed by atoms with Crippen molar-refractivity contribution in [3.05, 3.63) is 0 Å². The molecule has 0 aliphatic rings. The third-order valence-electron chi connectivity index (χ3n) is 4.78. The minimum Gasteiger partial charge on any atom is -0.381 e. The first-order valence-corrected chi connectivity index (χ1v) is 11.0. The summed E-state index contributed by atoms with van der Waals surface area (Å²) in [7, 11) is 0. The molecule has 0 fully saturated rings. The smallest absolute Gasteiger partial charge is 0.0466 e. The van der Waals surface area contributed by atoms with Crippen LogP contribution in [-0.2, 0) is 4.74 Å². The first-order chi connectivity index (χ1) is 11.4. The zero-order valence-electron chi connectivity index (χ0n) is 20.0. The van der Waals surface area contributed by atoms with Crippen molar-refractivity contribution in [2.24, 2.45) is 0 Å². The van der Waals surface area contributed by atoms with Gasteiger partial charge < -0.3 is 4.74 Å². The van der Waals surface area contributed by atoms with Gasteiger partial charge in [-0.25, -0.2) is 0 Å². The monoisotopic (exact) mass is 1170 g/mol. The van der Waals surface area contributed by atoms with Crippen LogP contribution in [-0.4, -0.2) is 13.2 Å². The molecule has 0 N–H and O–H groups in total. The van der Waals surface area contributed by atoms with Gasteiger partial charge in [0.1, 0.15) is 0 Å². The maximum atomic E-state index is 5.75. The van der Waals surface area contributed by atoms with Crippen molar-refractivity contribution in [1.82, 2.24) is 0 Å². The summed E-state index contributed by atoms with van der Waals surface area (Å²) >= 11 is 0. The number of hydrogen-bond donors (Lipinski definition) is 0. The molecule has 0 aromatic carbocycles. The van der Waals surface area contributed by atoms with E-state index in [0.29, 0.717) is 0 Å². The summed E-state index contributed by atoms with van der Waals surface area (Å²) in [4.78, 5) is 0. The molecule has 0 aliphatic carbocycles. The van der Waals surface area contributed by atoms with Gasteiger partial charge in [0, 0.05) is 261 Å². The second kappa shape index (κ2) is 52.6. The van der Waals surface area contributed by atoms with Crippen molar-refractivity contribution in [2.45, 2.75) is 129 Å². The largest absolute Gasteiger partial charge is 0.381 e. The van der Waals surface area contributed by atoms with Crippen molar-refractivity contribution in [3.63, 3.8) is 0 Å². The molecular weight excluding hydrogens is 1130 g/mol. The summed E-state index contributed by atoms with van der Waals surface area (Å²) in [5, 5.41) is 0. The average molecular weight is 1170 g/mol.